The number of hydrogen-bond acceptors (Lipinski definition) is 4. The van der Waals surface area contributed by atoms with Crippen LogP contribution in [0.5, 0.6) is 0 Å². The molecular weight excluding hydrogens is 191 g/mol. The summed E-state index contributed by atoms with van der Waals surface area (Å²) in [7, 11) is -3.45. The largest absolute Gasteiger partial charge is 0.529 e. The van der Waals surface area contributed by atoms with Gasteiger partial charge in [0.15, 0.2) is 0 Å². The summed E-state index contributed by atoms with van der Waals surface area (Å²) in [6.07, 6.45) is 0.625. The maximum atomic E-state index is 11.7. The average Bonchev–Trinajstić information content (AvgIpc) is 1.81. The van der Waals surface area contributed by atoms with Crippen LogP contribution in [0.1, 0.15) is 27.7 Å². The van der Waals surface area contributed by atoms with Gasteiger partial charge in [-0.05, 0) is 27.7 Å². The molecule has 0 fully saturated rings. The van der Waals surface area contributed by atoms with Gasteiger partial charge in [-0.1, -0.05) is 6.58 Å². The van der Waals surface area contributed by atoms with E-state index in [2.05, 4.69) is 6.58 Å². The van der Waals surface area contributed by atoms with Crippen LogP contribution < -0.4 is 0 Å². The highest BCUT2D eigenvalue weighted by Gasteiger charge is 2.29. The van der Waals surface area contributed by atoms with Crippen LogP contribution in [0.15, 0.2) is 12.8 Å². The van der Waals surface area contributed by atoms with Gasteiger partial charge < -0.3 is 4.52 Å². The van der Waals surface area contributed by atoms with E-state index in [-0.39, 0.29) is 12.2 Å². The van der Waals surface area contributed by atoms with E-state index in [1.807, 2.05) is 0 Å². The van der Waals surface area contributed by atoms with Gasteiger partial charge >= 0.3 is 7.82 Å². The summed E-state index contributed by atoms with van der Waals surface area (Å²) in [5.41, 5.74) is 0. The first kappa shape index (κ1) is 12.7. The molecule has 0 heterocycles. The zero-order valence-corrected chi connectivity index (χ0v) is 9.41. The standard InChI is InChI=1S/C8H17O4P/c1-6-10-13(9,11-7(2)3)12-8(4)5/h6-8H,1H2,2-5H3. The molecule has 0 amide bonds. The van der Waals surface area contributed by atoms with Gasteiger partial charge in [0.25, 0.3) is 0 Å². The van der Waals surface area contributed by atoms with Crippen molar-refractivity contribution in [3.63, 3.8) is 0 Å². The Morgan fingerprint density at radius 3 is 1.77 bits per heavy atom. The molecule has 78 valence electrons. The van der Waals surface area contributed by atoms with Crippen LogP contribution in [0.25, 0.3) is 0 Å². The molecule has 0 aromatic carbocycles. The molecular formula is C8H17O4P. The van der Waals surface area contributed by atoms with Crippen LogP contribution in [-0.4, -0.2) is 12.2 Å². The van der Waals surface area contributed by atoms with Crippen LogP contribution in [0.2, 0.25) is 0 Å². The third kappa shape index (κ3) is 5.86. The van der Waals surface area contributed by atoms with Gasteiger partial charge in [-0.2, -0.15) is 0 Å². The van der Waals surface area contributed by atoms with Gasteiger partial charge in [-0.15, -0.1) is 0 Å². The van der Waals surface area contributed by atoms with Gasteiger partial charge in [0, 0.05) is 0 Å². The van der Waals surface area contributed by atoms with Crippen molar-refractivity contribution in [2.45, 2.75) is 39.9 Å². The fourth-order valence-corrected chi connectivity index (χ4v) is 2.05. The fourth-order valence-electron chi connectivity index (χ4n) is 0.682. The predicted octanol–water partition coefficient (Wildman–Crippen LogP) is 3.10. The zero-order valence-electron chi connectivity index (χ0n) is 8.52. The van der Waals surface area contributed by atoms with Crippen molar-refractivity contribution in [2.75, 3.05) is 0 Å². The van der Waals surface area contributed by atoms with Crippen LogP contribution in [0, 0.1) is 0 Å². The molecule has 0 bridgehead atoms. The lowest BCUT2D eigenvalue weighted by Gasteiger charge is -2.20. The molecule has 0 spiro atoms. The maximum absolute atomic E-state index is 11.7. The number of phosphoric acid groups is 1. The molecule has 0 aliphatic rings. The Bertz CT molecular complexity index is 186. The first-order valence-corrected chi connectivity index (χ1v) is 5.62. The summed E-state index contributed by atoms with van der Waals surface area (Å²) in [4.78, 5) is 0. The summed E-state index contributed by atoms with van der Waals surface area (Å²) in [5.74, 6) is 0. The Labute approximate surface area is 79.5 Å². The van der Waals surface area contributed by atoms with Crippen molar-refractivity contribution < 1.29 is 18.1 Å². The molecule has 0 rings (SSSR count). The van der Waals surface area contributed by atoms with E-state index in [1.165, 1.54) is 0 Å². The Hall–Kier alpha value is -0.310. The smallest absolute Gasteiger partial charge is 0.413 e. The third-order valence-electron chi connectivity index (χ3n) is 0.883. The second kappa shape index (κ2) is 5.43. The summed E-state index contributed by atoms with van der Waals surface area (Å²) < 4.78 is 26.5. The Morgan fingerprint density at radius 1 is 1.15 bits per heavy atom. The first-order chi connectivity index (χ1) is 5.89. The molecule has 0 aliphatic carbocycles. The van der Waals surface area contributed by atoms with E-state index >= 15 is 0 Å². The van der Waals surface area contributed by atoms with Crippen LogP contribution in [0.3, 0.4) is 0 Å². The molecule has 0 aromatic heterocycles. The van der Waals surface area contributed by atoms with Gasteiger partial charge in [0.1, 0.15) is 0 Å². The Balaban J connectivity index is 4.33. The number of rotatable bonds is 6. The van der Waals surface area contributed by atoms with Crippen molar-refractivity contribution in [2.24, 2.45) is 0 Å². The normalized spacial score (nSPS) is 12.2. The highest BCUT2D eigenvalue weighted by atomic mass is 31.2. The van der Waals surface area contributed by atoms with Crippen molar-refractivity contribution in [3.05, 3.63) is 12.8 Å². The van der Waals surface area contributed by atoms with Crippen molar-refractivity contribution in [1.29, 1.82) is 0 Å². The van der Waals surface area contributed by atoms with E-state index in [4.69, 9.17) is 13.6 Å². The summed E-state index contributed by atoms with van der Waals surface area (Å²) in [6.45, 7) is 10.3. The molecule has 0 aliphatic heterocycles. The molecule has 0 aromatic rings. The van der Waals surface area contributed by atoms with Crippen molar-refractivity contribution >= 4 is 7.82 Å². The molecule has 4 nitrogen and oxygen atoms in total. The van der Waals surface area contributed by atoms with E-state index < -0.39 is 7.82 Å². The lowest BCUT2D eigenvalue weighted by atomic mass is 10.5. The molecule has 5 heteroatoms. The highest BCUT2D eigenvalue weighted by Crippen LogP contribution is 2.51. The molecule has 0 radical (unpaired) electrons. The maximum Gasteiger partial charge on any atom is 0.529 e. The summed E-state index contributed by atoms with van der Waals surface area (Å²) in [5, 5.41) is 0. The van der Waals surface area contributed by atoms with E-state index in [1.54, 1.807) is 27.7 Å². The summed E-state index contributed by atoms with van der Waals surface area (Å²) >= 11 is 0. The van der Waals surface area contributed by atoms with Crippen LogP contribution >= 0.6 is 7.82 Å². The monoisotopic (exact) mass is 208 g/mol. The third-order valence-corrected chi connectivity index (χ3v) is 2.65. The second-order valence-electron chi connectivity index (χ2n) is 3.03. The number of phosphoric ester groups is 1. The molecule has 0 unspecified atom stereocenters. The quantitative estimate of drug-likeness (QED) is 0.497. The Morgan fingerprint density at radius 2 is 1.54 bits per heavy atom. The minimum Gasteiger partial charge on any atom is -0.413 e. The topological polar surface area (TPSA) is 44.8 Å². The molecule has 0 saturated heterocycles. The van der Waals surface area contributed by atoms with Gasteiger partial charge in [-0.25, -0.2) is 4.57 Å². The van der Waals surface area contributed by atoms with Crippen molar-refractivity contribution in [1.82, 2.24) is 0 Å². The van der Waals surface area contributed by atoms with Crippen LogP contribution in [-0.2, 0) is 18.1 Å². The SMILES string of the molecule is C=COP(=O)(OC(C)C)OC(C)C. The van der Waals surface area contributed by atoms with E-state index in [0.717, 1.165) is 6.26 Å². The minimum absolute atomic E-state index is 0.218. The minimum atomic E-state index is -3.45. The summed E-state index contributed by atoms with van der Waals surface area (Å²) in [6, 6.07) is 0. The lowest BCUT2D eigenvalue weighted by molar-refractivity contribution is 0.0937. The van der Waals surface area contributed by atoms with Gasteiger partial charge in [0.05, 0.1) is 18.5 Å². The van der Waals surface area contributed by atoms with Crippen LogP contribution in [0.4, 0.5) is 0 Å². The Kier molecular flexibility index (Phi) is 5.30. The van der Waals surface area contributed by atoms with E-state index in [9.17, 15) is 4.57 Å². The fraction of sp³-hybridized carbons (Fsp3) is 0.750. The average molecular weight is 208 g/mol. The van der Waals surface area contributed by atoms with Gasteiger partial charge in [0.2, 0.25) is 0 Å². The lowest BCUT2D eigenvalue weighted by Crippen LogP contribution is -2.08. The molecule has 0 saturated carbocycles. The predicted molar refractivity (Wildman–Crippen MR) is 51.3 cm³/mol. The molecule has 0 N–H and O–H groups in total. The first-order valence-electron chi connectivity index (χ1n) is 4.16. The zero-order chi connectivity index (χ0) is 10.5. The highest BCUT2D eigenvalue weighted by molar-refractivity contribution is 7.48. The van der Waals surface area contributed by atoms with E-state index in [0.29, 0.717) is 0 Å². The molecule has 0 atom stereocenters. The molecule has 13 heavy (non-hydrogen) atoms. The second-order valence-corrected chi connectivity index (χ2v) is 4.55. The number of hydrogen-bond donors (Lipinski definition) is 0. The van der Waals surface area contributed by atoms with Crippen molar-refractivity contribution in [3.8, 4) is 0 Å². The van der Waals surface area contributed by atoms with Gasteiger partial charge in [-0.3, -0.25) is 9.05 Å².